The topological polar surface area (TPSA) is 110 Å². The average molecular weight is 276 g/mol. The third-order valence-corrected chi connectivity index (χ3v) is 2.79. The molecule has 1 amide bonds. The van der Waals surface area contributed by atoms with E-state index in [1.165, 1.54) is 0 Å². The van der Waals surface area contributed by atoms with Gasteiger partial charge in [0.15, 0.2) is 6.10 Å². The summed E-state index contributed by atoms with van der Waals surface area (Å²) in [6, 6.07) is 8.91. The average Bonchev–Trinajstić information content (AvgIpc) is 2.46. The Morgan fingerprint density at radius 3 is 2.45 bits per heavy atom. The van der Waals surface area contributed by atoms with Crippen LogP contribution in [0.4, 0.5) is 0 Å². The van der Waals surface area contributed by atoms with Crippen molar-refractivity contribution in [3.05, 3.63) is 35.9 Å². The van der Waals surface area contributed by atoms with Crippen LogP contribution in [0.2, 0.25) is 0 Å². The molecule has 1 rings (SSSR count). The molecule has 0 fully saturated rings. The van der Waals surface area contributed by atoms with Crippen molar-refractivity contribution in [2.45, 2.75) is 25.5 Å². The quantitative estimate of drug-likeness (QED) is 0.713. The zero-order valence-corrected chi connectivity index (χ0v) is 11.0. The van der Waals surface area contributed by atoms with Crippen LogP contribution in [0.15, 0.2) is 30.3 Å². The van der Waals surface area contributed by atoms with E-state index in [9.17, 15) is 14.7 Å². The molecule has 0 aliphatic carbocycles. The van der Waals surface area contributed by atoms with Gasteiger partial charge < -0.3 is 15.5 Å². The summed E-state index contributed by atoms with van der Waals surface area (Å²) in [4.78, 5) is 22.9. The van der Waals surface area contributed by atoms with Crippen LogP contribution in [0, 0.1) is 17.2 Å². The van der Waals surface area contributed by atoms with Crippen LogP contribution >= 0.6 is 0 Å². The summed E-state index contributed by atoms with van der Waals surface area (Å²) in [7, 11) is 0. The molecule has 6 nitrogen and oxygen atoms in total. The number of carbonyl (C=O) groups excluding carboxylic acids is 1. The van der Waals surface area contributed by atoms with Gasteiger partial charge in [0.1, 0.15) is 6.04 Å². The maximum Gasteiger partial charge on any atom is 0.326 e. The molecule has 1 aromatic rings. The first-order valence-electron chi connectivity index (χ1n) is 6.11. The van der Waals surface area contributed by atoms with Gasteiger partial charge >= 0.3 is 5.97 Å². The molecule has 0 heterocycles. The van der Waals surface area contributed by atoms with Gasteiger partial charge in [0.25, 0.3) is 5.91 Å². The number of carboxylic acids is 1. The fraction of sp³-hybridized carbons (Fsp3) is 0.357. The molecule has 20 heavy (non-hydrogen) atoms. The number of carboxylic acid groups (broad SMARTS) is 1. The predicted molar refractivity (Wildman–Crippen MR) is 70.4 cm³/mol. The largest absolute Gasteiger partial charge is 0.480 e. The highest BCUT2D eigenvalue weighted by molar-refractivity contribution is 5.86. The van der Waals surface area contributed by atoms with Gasteiger partial charge in [0, 0.05) is 5.92 Å². The summed E-state index contributed by atoms with van der Waals surface area (Å²) < 4.78 is 0. The second kappa shape index (κ2) is 7.26. The van der Waals surface area contributed by atoms with E-state index in [1.54, 1.807) is 37.3 Å². The van der Waals surface area contributed by atoms with Gasteiger partial charge in [-0.1, -0.05) is 30.3 Å². The van der Waals surface area contributed by atoms with Crippen molar-refractivity contribution in [3.63, 3.8) is 0 Å². The first-order valence-corrected chi connectivity index (χ1v) is 6.11. The Morgan fingerprint density at radius 2 is 1.95 bits per heavy atom. The number of hydrogen-bond acceptors (Lipinski definition) is 4. The molecule has 106 valence electrons. The third kappa shape index (κ3) is 4.37. The zero-order valence-electron chi connectivity index (χ0n) is 11.0. The van der Waals surface area contributed by atoms with Crippen molar-refractivity contribution in [3.8, 4) is 6.07 Å². The number of nitrogens with zero attached hydrogens (tertiary/aromatic N) is 1. The Bertz CT molecular complexity index is 510. The van der Waals surface area contributed by atoms with Gasteiger partial charge in [0.2, 0.25) is 0 Å². The van der Waals surface area contributed by atoms with Crippen molar-refractivity contribution < 1.29 is 19.8 Å². The van der Waals surface area contributed by atoms with E-state index in [0.29, 0.717) is 5.56 Å². The number of amides is 1. The summed E-state index contributed by atoms with van der Waals surface area (Å²) in [6.07, 6.45) is -1.45. The van der Waals surface area contributed by atoms with Gasteiger partial charge in [-0.3, -0.25) is 4.79 Å². The Balaban J connectivity index is 2.72. The summed E-state index contributed by atoms with van der Waals surface area (Å²) in [6.45, 7) is 1.57. The second-order valence-corrected chi connectivity index (χ2v) is 4.48. The lowest BCUT2D eigenvalue weighted by molar-refractivity contribution is -0.143. The lowest BCUT2D eigenvalue weighted by atomic mass is 10.0. The normalized spacial score (nSPS) is 14.7. The molecule has 0 aliphatic heterocycles. The number of benzene rings is 1. The molecule has 1 aromatic carbocycles. The first kappa shape index (κ1) is 15.7. The van der Waals surface area contributed by atoms with Crippen molar-refractivity contribution in [2.24, 2.45) is 5.92 Å². The van der Waals surface area contributed by atoms with E-state index >= 15 is 0 Å². The summed E-state index contributed by atoms with van der Waals surface area (Å²) in [5, 5.41) is 29.8. The van der Waals surface area contributed by atoms with E-state index in [-0.39, 0.29) is 6.42 Å². The van der Waals surface area contributed by atoms with Crippen LogP contribution in [-0.4, -0.2) is 28.1 Å². The summed E-state index contributed by atoms with van der Waals surface area (Å²) >= 11 is 0. The molecule has 0 saturated heterocycles. The van der Waals surface area contributed by atoms with Crippen molar-refractivity contribution in [2.75, 3.05) is 0 Å². The highest BCUT2D eigenvalue weighted by Gasteiger charge is 2.26. The van der Waals surface area contributed by atoms with E-state index in [2.05, 4.69) is 5.32 Å². The smallest absolute Gasteiger partial charge is 0.326 e. The van der Waals surface area contributed by atoms with Gasteiger partial charge in [-0.25, -0.2) is 4.79 Å². The van der Waals surface area contributed by atoms with Crippen LogP contribution in [-0.2, 0) is 9.59 Å². The van der Waals surface area contributed by atoms with Crippen LogP contribution in [0.3, 0.4) is 0 Å². The molecule has 0 radical (unpaired) electrons. The molecular formula is C14H16N2O4. The Kier molecular flexibility index (Phi) is 5.69. The second-order valence-electron chi connectivity index (χ2n) is 4.48. The number of rotatable bonds is 6. The van der Waals surface area contributed by atoms with E-state index in [0.717, 1.165) is 0 Å². The van der Waals surface area contributed by atoms with Crippen LogP contribution in [0.1, 0.15) is 25.0 Å². The maximum absolute atomic E-state index is 11.8. The Morgan fingerprint density at radius 1 is 1.35 bits per heavy atom. The van der Waals surface area contributed by atoms with Crippen LogP contribution < -0.4 is 5.32 Å². The number of aliphatic carboxylic acids is 1. The van der Waals surface area contributed by atoms with Crippen molar-refractivity contribution in [1.29, 1.82) is 5.26 Å². The molecule has 0 spiro atoms. The van der Waals surface area contributed by atoms with Crippen LogP contribution in [0.5, 0.6) is 0 Å². The van der Waals surface area contributed by atoms with Crippen molar-refractivity contribution >= 4 is 11.9 Å². The number of aliphatic hydroxyl groups excluding tert-OH is 1. The number of hydrogen-bond donors (Lipinski definition) is 3. The van der Waals surface area contributed by atoms with E-state index < -0.39 is 29.9 Å². The molecule has 3 atom stereocenters. The Hall–Kier alpha value is -2.39. The van der Waals surface area contributed by atoms with Gasteiger partial charge in [-0.2, -0.15) is 5.26 Å². The SMILES string of the molecule is C[C@H](C#N)C[C@H](NC(=O)[C@@H](O)c1ccccc1)C(=O)O. The standard InChI is InChI=1S/C14H16N2O4/c1-9(8-15)7-11(14(19)20)16-13(18)12(17)10-5-3-2-4-6-10/h2-6,9,11-12,17H,7H2,1H3,(H,16,18)(H,19,20)/t9-,11-,12-/m0/s1. The fourth-order valence-electron chi connectivity index (χ4n) is 1.67. The number of aliphatic hydroxyl groups is 1. The maximum atomic E-state index is 11.8. The minimum Gasteiger partial charge on any atom is -0.480 e. The first-order chi connectivity index (χ1) is 9.45. The minimum atomic E-state index is -1.43. The molecule has 0 bridgehead atoms. The Labute approximate surface area is 116 Å². The number of nitriles is 1. The molecular weight excluding hydrogens is 260 g/mol. The van der Waals surface area contributed by atoms with Gasteiger partial charge in [0.05, 0.1) is 6.07 Å². The summed E-state index contributed by atoms with van der Waals surface area (Å²) in [5.74, 6) is -2.54. The lowest BCUT2D eigenvalue weighted by Crippen LogP contribution is -2.43. The number of carbonyl (C=O) groups is 2. The fourth-order valence-corrected chi connectivity index (χ4v) is 1.67. The molecule has 0 saturated carbocycles. The highest BCUT2D eigenvalue weighted by Crippen LogP contribution is 2.13. The molecule has 0 aromatic heterocycles. The minimum absolute atomic E-state index is 0.0148. The number of nitrogens with one attached hydrogen (secondary N) is 1. The third-order valence-electron chi connectivity index (χ3n) is 2.79. The lowest BCUT2D eigenvalue weighted by Gasteiger charge is -2.18. The molecule has 6 heteroatoms. The highest BCUT2D eigenvalue weighted by atomic mass is 16.4. The van der Waals surface area contributed by atoms with Crippen molar-refractivity contribution in [1.82, 2.24) is 5.32 Å². The monoisotopic (exact) mass is 276 g/mol. The van der Waals surface area contributed by atoms with Gasteiger partial charge in [-0.15, -0.1) is 0 Å². The molecule has 0 unspecified atom stereocenters. The van der Waals surface area contributed by atoms with Gasteiger partial charge in [-0.05, 0) is 18.9 Å². The molecule has 0 aliphatic rings. The molecule has 3 N–H and O–H groups in total. The van der Waals surface area contributed by atoms with Crippen LogP contribution in [0.25, 0.3) is 0 Å². The zero-order chi connectivity index (χ0) is 15.1. The van der Waals surface area contributed by atoms with E-state index in [4.69, 9.17) is 10.4 Å². The summed E-state index contributed by atoms with van der Waals surface area (Å²) in [5.41, 5.74) is 0.377. The predicted octanol–water partition coefficient (Wildman–Crippen LogP) is 0.839. The van der Waals surface area contributed by atoms with E-state index in [1.807, 2.05) is 6.07 Å².